The zero-order chi connectivity index (χ0) is 21.8. The molecule has 154 valence electrons. The Labute approximate surface area is 186 Å². The molecule has 0 unspecified atom stereocenters. The number of hydrogen-bond acceptors (Lipinski definition) is 2. The van der Waals surface area contributed by atoms with Gasteiger partial charge in [0.2, 0.25) is 0 Å². The number of para-hydroxylation sites is 2. The van der Waals surface area contributed by atoms with Crippen LogP contribution in [0.25, 0.3) is 16.9 Å². The van der Waals surface area contributed by atoms with Crippen molar-refractivity contribution < 1.29 is 13.6 Å². The number of alkyl halides is 2. The van der Waals surface area contributed by atoms with E-state index < -0.39 is 11.8 Å². The van der Waals surface area contributed by atoms with Gasteiger partial charge in [0.05, 0.1) is 33.8 Å². The molecule has 0 atom stereocenters. The Balaban J connectivity index is 1.77. The summed E-state index contributed by atoms with van der Waals surface area (Å²) in [6.07, 6.45) is 1.55. The number of halogens is 4. The monoisotopic (exact) mass is 455 g/mol. The lowest BCUT2D eigenvalue weighted by molar-refractivity contribution is -0.140. The topological polar surface area (TPSA) is 38.1 Å². The van der Waals surface area contributed by atoms with E-state index in [9.17, 15) is 13.6 Å². The third-order valence-electron chi connectivity index (χ3n) is 5.10. The molecule has 1 aromatic heterocycles. The van der Waals surface area contributed by atoms with Gasteiger partial charge in [-0.1, -0.05) is 59.6 Å². The predicted octanol–water partition coefficient (Wildman–Crippen LogP) is 6.62. The molecule has 1 amide bonds. The van der Waals surface area contributed by atoms with E-state index in [0.717, 1.165) is 4.90 Å². The summed E-state index contributed by atoms with van der Waals surface area (Å²) >= 11 is 12.4. The van der Waals surface area contributed by atoms with Crippen LogP contribution in [-0.2, 0) is 10.7 Å². The van der Waals surface area contributed by atoms with Gasteiger partial charge in [-0.15, -0.1) is 0 Å². The Bertz CT molecular complexity index is 1320. The van der Waals surface area contributed by atoms with Crippen molar-refractivity contribution in [1.82, 2.24) is 9.78 Å². The Hall–Kier alpha value is -3.22. The molecule has 0 saturated heterocycles. The average molecular weight is 456 g/mol. The molecule has 4 aromatic rings. The summed E-state index contributed by atoms with van der Waals surface area (Å²) in [7, 11) is 0. The smallest absolute Gasteiger partial charge is 0.271 e. The minimum absolute atomic E-state index is 0.108. The fourth-order valence-corrected chi connectivity index (χ4v) is 4.15. The van der Waals surface area contributed by atoms with Crippen molar-refractivity contribution in [3.05, 3.63) is 94.6 Å². The van der Waals surface area contributed by atoms with Gasteiger partial charge in [-0.3, -0.25) is 9.69 Å². The molecule has 31 heavy (non-hydrogen) atoms. The molecule has 8 heteroatoms. The maximum absolute atomic E-state index is 14.8. The van der Waals surface area contributed by atoms with Crippen LogP contribution in [0.5, 0.6) is 0 Å². The lowest BCUT2D eigenvalue weighted by Crippen LogP contribution is -2.31. The second-order valence-electron chi connectivity index (χ2n) is 7.00. The molecular formula is C23H13Cl2F2N3O. The van der Waals surface area contributed by atoms with Gasteiger partial charge in [0, 0.05) is 10.6 Å². The van der Waals surface area contributed by atoms with Crippen LogP contribution in [0.4, 0.5) is 20.2 Å². The lowest BCUT2D eigenvalue weighted by atomic mass is 10.1. The van der Waals surface area contributed by atoms with Gasteiger partial charge >= 0.3 is 11.8 Å². The number of benzene rings is 3. The number of hydrogen-bond donors (Lipinski definition) is 0. The minimum atomic E-state index is -3.65. The van der Waals surface area contributed by atoms with Crippen LogP contribution in [0, 0.1) is 0 Å². The molecule has 1 aliphatic heterocycles. The molecule has 0 bridgehead atoms. The summed E-state index contributed by atoms with van der Waals surface area (Å²) in [5.74, 6) is -4.99. The van der Waals surface area contributed by atoms with Crippen LogP contribution in [0.1, 0.15) is 5.56 Å². The highest BCUT2D eigenvalue weighted by Gasteiger charge is 2.54. The van der Waals surface area contributed by atoms with E-state index in [4.69, 9.17) is 23.2 Å². The van der Waals surface area contributed by atoms with Gasteiger partial charge in [-0.2, -0.15) is 13.9 Å². The lowest BCUT2D eigenvalue weighted by Gasteiger charge is -2.17. The second-order valence-corrected chi connectivity index (χ2v) is 7.84. The molecule has 0 N–H and O–H groups in total. The summed E-state index contributed by atoms with van der Waals surface area (Å²) in [6.45, 7) is 0. The van der Waals surface area contributed by atoms with E-state index in [1.807, 2.05) is 30.3 Å². The zero-order valence-electron chi connectivity index (χ0n) is 15.8. The summed E-state index contributed by atoms with van der Waals surface area (Å²) < 4.78 is 31.1. The third kappa shape index (κ3) is 3.10. The van der Waals surface area contributed by atoms with Crippen LogP contribution in [0.3, 0.4) is 0 Å². The van der Waals surface area contributed by atoms with Gasteiger partial charge in [0.1, 0.15) is 5.69 Å². The summed E-state index contributed by atoms with van der Waals surface area (Å²) in [6, 6.07) is 19.8. The first-order valence-corrected chi connectivity index (χ1v) is 10.1. The number of carbonyl (C=O) groups is 1. The average Bonchev–Trinajstić information content (AvgIpc) is 3.27. The van der Waals surface area contributed by atoms with Crippen molar-refractivity contribution in [2.45, 2.75) is 5.92 Å². The summed E-state index contributed by atoms with van der Waals surface area (Å²) in [4.78, 5) is 13.8. The normalized spacial score (nSPS) is 14.7. The zero-order valence-corrected chi connectivity index (χ0v) is 17.3. The number of fused-ring (bicyclic) bond motifs is 1. The SMILES string of the molecule is O=C1N(c2cn(-c3ccccc3)nc2-c2ccc(Cl)cc2Cl)c2ccccc2C1(F)F. The number of aromatic nitrogens is 2. The molecule has 5 rings (SSSR count). The van der Waals surface area contributed by atoms with Gasteiger partial charge < -0.3 is 0 Å². The first-order chi connectivity index (χ1) is 14.9. The van der Waals surface area contributed by atoms with Crippen molar-refractivity contribution in [2.75, 3.05) is 4.90 Å². The number of carbonyl (C=O) groups excluding carboxylic acids is 1. The van der Waals surface area contributed by atoms with Crippen LogP contribution in [-0.4, -0.2) is 15.7 Å². The number of amides is 1. The van der Waals surface area contributed by atoms with E-state index in [-0.39, 0.29) is 22.6 Å². The van der Waals surface area contributed by atoms with Gasteiger partial charge in [0.15, 0.2) is 0 Å². The van der Waals surface area contributed by atoms with Gasteiger partial charge in [0.25, 0.3) is 0 Å². The first kappa shape index (κ1) is 19.7. The number of rotatable bonds is 3. The van der Waals surface area contributed by atoms with Crippen molar-refractivity contribution in [3.63, 3.8) is 0 Å². The van der Waals surface area contributed by atoms with E-state index in [1.165, 1.54) is 28.9 Å². The molecule has 0 saturated carbocycles. The summed E-state index contributed by atoms with van der Waals surface area (Å²) in [5, 5.41) is 5.30. The van der Waals surface area contributed by atoms with Crippen molar-refractivity contribution >= 4 is 40.5 Å². The van der Waals surface area contributed by atoms with Gasteiger partial charge in [-0.25, -0.2) is 4.68 Å². The van der Waals surface area contributed by atoms with E-state index in [1.54, 1.807) is 24.4 Å². The molecule has 0 radical (unpaired) electrons. The third-order valence-corrected chi connectivity index (χ3v) is 5.65. The highest BCUT2D eigenvalue weighted by atomic mass is 35.5. The van der Waals surface area contributed by atoms with Crippen molar-refractivity contribution in [1.29, 1.82) is 0 Å². The molecule has 2 heterocycles. The Kier molecular flexibility index (Phi) is 4.57. The first-order valence-electron chi connectivity index (χ1n) is 9.30. The van der Waals surface area contributed by atoms with Gasteiger partial charge in [-0.05, 0) is 36.4 Å². The minimum Gasteiger partial charge on any atom is -0.271 e. The van der Waals surface area contributed by atoms with E-state index >= 15 is 0 Å². The largest absolute Gasteiger partial charge is 0.352 e. The highest BCUT2D eigenvalue weighted by Crippen LogP contribution is 2.49. The maximum Gasteiger partial charge on any atom is 0.352 e. The number of anilines is 2. The van der Waals surface area contributed by atoms with E-state index in [0.29, 0.717) is 21.3 Å². The molecule has 1 aliphatic rings. The van der Waals surface area contributed by atoms with Crippen LogP contribution < -0.4 is 4.90 Å². The number of nitrogens with zero attached hydrogens (tertiary/aromatic N) is 3. The Morgan fingerprint density at radius 2 is 1.58 bits per heavy atom. The van der Waals surface area contributed by atoms with E-state index in [2.05, 4.69) is 5.10 Å². The van der Waals surface area contributed by atoms with Crippen LogP contribution in [0.2, 0.25) is 10.0 Å². The molecule has 0 fully saturated rings. The second kappa shape index (κ2) is 7.18. The van der Waals surface area contributed by atoms with Crippen molar-refractivity contribution in [2.24, 2.45) is 0 Å². The molecule has 0 spiro atoms. The molecule has 4 nitrogen and oxygen atoms in total. The predicted molar refractivity (Wildman–Crippen MR) is 117 cm³/mol. The van der Waals surface area contributed by atoms with Crippen LogP contribution >= 0.6 is 23.2 Å². The summed E-state index contributed by atoms with van der Waals surface area (Å²) in [5.41, 5.74) is 1.41. The Morgan fingerprint density at radius 1 is 0.871 bits per heavy atom. The maximum atomic E-state index is 14.8. The fraction of sp³-hybridized carbons (Fsp3) is 0.0435. The molecular weight excluding hydrogens is 443 g/mol. The Morgan fingerprint density at radius 3 is 2.32 bits per heavy atom. The van der Waals surface area contributed by atoms with Crippen molar-refractivity contribution in [3.8, 4) is 16.9 Å². The van der Waals surface area contributed by atoms with Crippen LogP contribution in [0.15, 0.2) is 79.0 Å². The quantitative estimate of drug-likeness (QED) is 0.348. The fourth-order valence-electron chi connectivity index (χ4n) is 3.65. The molecule has 0 aliphatic carbocycles. The highest BCUT2D eigenvalue weighted by molar-refractivity contribution is 6.36. The standard InChI is InChI=1S/C23H13Cl2F2N3O/c24-14-10-11-16(18(25)12-14)21-20(13-29(28-21)15-6-2-1-3-7-15)30-19-9-5-4-8-17(19)23(26,27)22(30)31/h1-13H. The molecule has 3 aromatic carbocycles.